The first-order valence-corrected chi connectivity index (χ1v) is 12.8. The summed E-state index contributed by atoms with van der Waals surface area (Å²) in [5.41, 5.74) is 6.99. The molecule has 1 saturated carbocycles. The first-order valence-electron chi connectivity index (χ1n) is 12.8. The highest BCUT2D eigenvalue weighted by atomic mass is 19.4. The van der Waals surface area contributed by atoms with Crippen molar-refractivity contribution in [2.24, 2.45) is 5.41 Å². The molecule has 12 heteroatoms. The molecule has 1 aliphatic carbocycles. The van der Waals surface area contributed by atoms with Crippen molar-refractivity contribution in [2.45, 2.75) is 64.3 Å². The van der Waals surface area contributed by atoms with Gasteiger partial charge in [-0.3, -0.25) is 4.68 Å². The third-order valence-corrected chi connectivity index (χ3v) is 7.46. The first kappa shape index (κ1) is 26.6. The SMILES string of the molecule is CC(C)(C)NC(=O)N1CC[C@]2(C1)C[C@H](n1nc(-c3cnn(Cc4cccc(C(F)(F)F)c4)c3)c(C#N)c1N)C2. The maximum absolute atomic E-state index is 13.1. The average molecular weight is 541 g/mol. The highest BCUT2D eigenvalue weighted by Crippen LogP contribution is 2.54. The van der Waals surface area contributed by atoms with Gasteiger partial charge in [-0.15, -0.1) is 0 Å². The van der Waals surface area contributed by atoms with Crippen molar-refractivity contribution in [3.05, 3.63) is 53.3 Å². The summed E-state index contributed by atoms with van der Waals surface area (Å²) < 4.78 is 42.4. The van der Waals surface area contributed by atoms with E-state index in [0.717, 1.165) is 31.4 Å². The molecule has 9 nitrogen and oxygen atoms in total. The number of nitrogens with one attached hydrogen (secondary N) is 1. The minimum absolute atomic E-state index is 0.0108. The minimum Gasteiger partial charge on any atom is -0.383 e. The number of hydrogen-bond acceptors (Lipinski definition) is 5. The van der Waals surface area contributed by atoms with Crippen molar-refractivity contribution >= 4 is 11.8 Å². The molecule has 0 bridgehead atoms. The van der Waals surface area contributed by atoms with Crippen LogP contribution in [0.4, 0.5) is 23.8 Å². The molecule has 2 aromatic heterocycles. The Balaban J connectivity index is 1.29. The molecule has 2 fully saturated rings. The quantitative estimate of drug-likeness (QED) is 0.493. The van der Waals surface area contributed by atoms with Gasteiger partial charge >= 0.3 is 12.2 Å². The fourth-order valence-electron chi connectivity index (χ4n) is 5.60. The van der Waals surface area contributed by atoms with Crippen LogP contribution in [-0.4, -0.2) is 49.1 Å². The lowest BCUT2D eigenvalue weighted by Crippen LogP contribution is -2.49. The molecule has 206 valence electrons. The molecular weight excluding hydrogens is 509 g/mol. The number of rotatable bonds is 4. The van der Waals surface area contributed by atoms with Crippen molar-refractivity contribution < 1.29 is 18.0 Å². The van der Waals surface area contributed by atoms with Gasteiger partial charge in [0.1, 0.15) is 23.1 Å². The molecule has 3 N–H and O–H groups in total. The number of alkyl halides is 3. The Morgan fingerprint density at radius 2 is 2.03 bits per heavy atom. The van der Waals surface area contributed by atoms with Crippen LogP contribution in [0.3, 0.4) is 0 Å². The predicted octanol–water partition coefficient (Wildman–Crippen LogP) is 4.80. The monoisotopic (exact) mass is 540 g/mol. The van der Waals surface area contributed by atoms with E-state index in [-0.39, 0.29) is 41.0 Å². The van der Waals surface area contributed by atoms with E-state index in [9.17, 15) is 23.2 Å². The number of carbonyl (C=O) groups is 1. The highest BCUT2D eigenvalue weighted by Gasteiger charge is 2.51. The number of carbonyl (C=O) groups excluding carboxylic acids is 1. The number of hydrogen-bond donors (Lipinski definition) is 2. The van der Waals surface area contributed by atoms with Gasteiger partial charge in [-0.05, 0) is 63.1 Å². The second-order valence-corrected chi connectivity index (χ2v) is 11.7. The van der Waals surface area contributed by atoms with Gasteiger partial charge in [-0.25, -0.2) is 9.48 Å². The molecule has 2 aliphatic rings. The Labute approximate surface area is 224 Å². The number of nitrogen functional groups attached to an aromatic ring is 1. The second-order valence-electron chi connectivity index (χ2n) is 11.7. The van der Waals surface area contributed by atoms with Crippen LogP contribution in [0.1, 0.15) is 62.8 Å². The normalized spacial score (nSPS) is 21.2. The van der Waals surface area contributed by atoms with Gasteiger partial charge in [0.25, 0.3) is 0 Å². The zero-order chi connectivity index (χ0) is 28.2. The molecule has 0 radical (unpaired) electrons. The lowest BCUT2D eigenvalue weighted by atomic mass is 9.65. The van der Waals surface area contributed by atoms with Gasteiger partial charge in [0.15, 0.2) is 0 Å². The number of nitriles is 1. The Bertz CT molecular complexity index is 1440. The molecular formula is C27H31F3N8O. The summed E-state index contributed by atoms with van der Waals surface area (Å²) in [6.45, 7) is 7.37. The number of benzene rings is 1. The Morgan fingerprint density at radius 1 is 1.28 bits per heavy atom. The number of amides is 2. The molecule has 3 aromatic rings. The summed E-state index contributed by atoms with van der Waals surface area (Å²) in [5.74, 6) is 0.276. The molecule has 1 spiro atoms. The molecule has 1 aromatic carbocycles. The summed E-state index contributed by atoms with van der Waals surface area (Å²) in [6.07, 6.45) is 1.27. The van der Waals surface area contributed by atoms with E-state index in [0.29, 0.717) is 29.9 Å². The largest absolute Gasteiger partial charge is 0.416 e. The van der Waals surface area contributed by atoms with Crippen LogP contribution < -0.4 is 11.1 Å². The zero-order valence-electron chi connectivity index (χ0n) is 22.1. The van der Waals surface area contributed by atoms with Crippen LogP contribution in [0.5, 0.6) is 0 Å². The topological polar surface area (TPSA) is 118 Å². The summed E-state index contributed by atoms with van der Waals surface area (Å²) in [7, 11) is 0. The molecule has 2 amide bonds. The third kappa shape index (κ3) is 5.30. The van der Waals surface area contributed by atoms with E-state index in [1.165, 1.54) is 16.9 Å². The van der Waals surface area contributed by atoms with E-state index in [1.807, 2.05) is 25.7 Å². The van der Waals surface area contributed by atoms with Crippen LogP contribution in [-0.2, 0) is 12.7 Å². The number of likely N-dealkylation sites (tertiary alicyclic amines) is 1. The van der Waals surface area contributed by atoms with Crippen molar-refractivity contribution in [1.29, 1.82) is 5.26 Å². The molecule has 39 heavy (non-hydrogen) atoms. The van der Waals surface area contributed by atoms with E-state index < -0.39 is 11.7 Å². The van der Waals surface area contributed by atoms with Gasteiger partial charge in [-0.2, -0.15) is 28.6 Å². The molecule has 0 unspecified atom stereocenters. The Kier molecular flexibility index (Phi) is 6.36. The van der Waals surface area contributed by atoms with Gasteiger partial charge in [0.05, 0.1) is 24.3 Å². The van der Waals surface area contributed by atoms with Crippen molar-refractivity contribution in [3.8, 4) is 17.3 Å². The van der Waals surface area contributed by atoms with E-state index in [1.54, 1.807) is 16.9 Å². The van der Waals surface area contributed by atoms with E-state index in [4.69, 9.17) is 5.73 Å². The lowest BCUT2D eigenvalue weighted by Gasteiger charge is -2.45. The fourth-order valence-corrected chi connectivity index (χ4v) is 5.60. The number of halogens is 3. The van der Waals surface area contributed by atoms with Crippen molar-refractivity contribution in [3.63, 3.8) is 0 Å². The summed E-state index contributed by atoms with van der Waals surface area (Å²) >= 11 is 0. The predicted molar refractivity (Wildman–Crippen MR) is 138 cm³/mol. The summed E-state index contributed by atoms with van der Waals surface area (Å²) in [6, 6.07) is 7.19. The number of nitrogens with zero attached hydrogens (tertiary/aromatic N) is 6. The number of anilines is 1. The maximum atomic E-state index is 13.1. The fraction of sp³-hybridized carbons (Fsp3) is 0.481. The van der Waals surface area contributed by atoms with Crippen LogP contribution in [0.25, 0.3) is 11.3 Å². The maximum Gasteiger partial charge on any atom is 0.416 e. The third-order valence-electron chi connectivity index (χ3n) is 7.46. The number of aromatic nitrogens is 4. The van der Waals surface area contributed by atoms with Crippen LogP contribution in [0.15, 0.2) is 36.7 Å². The number of nitrogens with two attached hydrogens (primary N) is 1. The lowest BCUT2D eigenvalue weighted by molar-refractivity contribution is -0.137. The summed E-state index contributed by atoms with van der Waals surface area (Å²) in [5, 5.41) is 21.8. The van der Waals surface area contributed by atoms with Crippen LogP contribution >= 0.6 is 0 Å². The Hall–Kier alpha value is -4.01. The van der Waals surface area contributed by atoms with Crippen molar-refractivity contribution in [1.82, 2.24) is 29.8 Å². The standard InChI is InChI=1S/C27H31F3N8O/c1-25(2,3)34-24(39)36-8-7-26(16-36)10-20(11-26)38-23(32)21(12-31)22(35-38)18-13-33-37(15-18)14-17-5-4-6-19(9-17)27(28,29)30/h4-6,9,13,15,20H,7-8,10-11,14,16,32H2,1-3H3,(H,34,39)/t20-,26-. The average Bonchev–Trinajstić information content (AvgIpc) is 3.54. The van der Waals surface area contributed by atoms with Crippen LogP contribution in [0.2, 0.25) is 0 Å². The number of urea groups is 1. The smallest absolute Gasteiger partial charge is 0.383 e. The molecule has 1 saturated heterocycles. The van der Waals surface area contributed by atoms with Gasteiger partial charge < -0.3 is 16.0 Å². The zero-order valence-corrected chi connectivity index (χ0v) is 22.1. The molecule has 3 heterocycles. The van der Waals surface area contributed by atoms with Crippen molar-refractivity contribution in [2.75, 3.05) is 18.8 Å². The van der Waals surface area contributed by atoms with Gasteiger partial charge in [-0.1, -0.05) is 12.1 Å². The minimum atomic E-state index is -4.42. The molecule has 1 aliphatic heterocycles. The first-order chi connectivity index (χ1) is 18.3. The second kappa shape index (κ2) is 9.32. The van der Waals surface area contributed by atoms with Gasteiger partial charge in [0, 0.05) is 30.4 Å². The molecule has 0 atom stereocenters. The van der Waals surface area contributed by atoms with E-state index in [2.05, 4.69) is 21.6 Å². The molecule has 5 rings (SSSR count). The van der Waals surface area contributed by atoms with Crippen LogP contribution in [0, 0.1) is 16.7 Å². The van der Waals surface area contributed by atoms with Gasteiger partial charge in [0.2, 0.25) is 0 Å². The summed E-state index contributed by atoms with van der Waals surface area (Å²) in [4.78, 5) is 14.5. The Morgan fingerprint density at radius 3 is 2.69 bits per heavy atom. The highest BCUT2D eigenvalue weighted by molar-refractivity contribution is 5.75. The van der Waals surface area contributed by atoms with E-state index >= 15 is 0 Å².